The second kappa shape index (κ2) is 6.15. The minimum absolute atomic E-state index is 0.0894. The van der Waals surface area contributed by atoms with Crippen LogP contribution in [-0.2, 0) is 5.75 Å². The monoisotopic (exact) mass is 313 g/mol. The van der Waals surface area contributed by atoms with Crippen molar-refractivity contribution in [2.45, 2.75) is 17.7 Å². The number of aryl methyl sites for hydroxylation is 1. The van der Waals surface area contributed by atoms with Gasteiger partial charge in [-0.3, -0.25) is 0 Å². The molecule has 0 unspecified atom stereocenters. The quantitative estimate of drug-likeness (QED) is 0.518. The number of benzene rings is 1. The molecule has 1 aromatic carbocycles. The fourth-order valence-corrected chi connectivity index (χ4v) is 2.86. The molecule has 0 amide bonds. The number of nitro groups is 1. The van der Waals surface area contributed by atoms with Crippen LogP contribution in [0.15, 0.2) is 23.2 Å². The smallest absolute Gasteiger partial charge is 0.354 e. The molecule has 2 aromatic rings. The molecule has 1 aromatic heterocycles. The SMILES string of the molecule is COc1ccc(Cl)cc1CSc1nc(C)[nH]c1[N+](=O)[O-]. The second-order valence-electron chi connectivity index (χ2n) is 3.98. The summed E-state index contributed by atoms with van der Waals surface area (Å²) < 4.78 is 5.24. The van der Waals surface area contributed by atoms with E-state index in [2.05, 4.69) is 9.97 Å². The van der Waals surface area contributed by atoms with Crippen LogP contribution in [0.2, 0.25) is 5.02 Å². The maximum absolute atomic E-state index is 10.9. The number of aromatic nitrogens is 2. The molecule has 0 saturated carbocycles. The van der Waals surface area contributed by atoms with Gasteiger partial charge < -0.3 is 14.9 Å². The van der Waals surface area contributed by atoms with Gasteiger partial charge in [-0.15, -0.1) is 0 Å². The van der Waals surface area contributed by atoms with Crippen LogP contribution in [0.25, 0.3) is 0 Å². The van der Waals surface area contributed by atoms with Crippen molar-refractivity contribution < 1.29 is 9.66 Å². The average molecular weight is 314 g/mol. The lowest BCUT2D eigenvalue weighted by Gasteiger charge is -2.07. The third kappa shape index (κ3) is 3.23. The van der Waals surface area contributed by atoms with Gasteiger partial charge in [-0.05, 0) is 23.1 Å². The van der Waals surface area contributed by atoms with E-state index in [-0.39, 0.29) is 5.82 Å². The Bertz CT molecular complexity index is 645. The van der Waals surface area contributed by atoms with Gasteiger partial charge in [0.05, 0.1) is 7.11 Å². The number of hydrogen-bond donors (Lipinski definition) is 1. The number of H-pyrrole nitrogens is 1. The fraction of sp³-hybridized carbons (Fsp3) is 0.250. The van der Waals surface area contributed by atoms with E-state index in [9.17, 15) is 10.1 Å². The summed E-state index contributed by atoms with van der Waals surface area (Å²) in [5, 5.41) is 11.8. The molecule has 106 valence electrons. The van der Waals surface area contributed by atoms with E-state index in [0.717, 1.165) is 5.56 Å². The van der Waals surface area contributed by atoms with Crippen LogP contribution in [0.4, 0.5) is 5.82 Å². The Morgan fingerprint density at radius 3 is 2.95 bits per heavy atom. The van der Waals surface area contributed by atoms with E-state index in [1.165, 1.54) is 11.8 Å². The van der Waals surface area contributed by atoms with Crippen LogP contribution < -0.4 is 4.74 Å². The summed E-state index contributed by atoms with van der Waals surface area (Å²) in [7, 11) is 1.57. The number of nitrogens with one attached hydrogen (secondary N) is 1. The standard InChI is InChI=1S/C12H12ClN3O3S/c1-7-14-11(16(17)18)12(15-7)20-6-8-5-9(13)3-4-10(8)19-2/h3-5H,6H2,1-2H3,(H,14,15). The number of halogens is 1. The Labute approximate surface area is 124 Å². The molecule has 0 atom stereocenters. The van der Waals surface area contributed by atoms with Crippen molar-refractivity contribution in [1.29, 1.82) is 0 Å². The first kappa shape index (κ1) is 14.7. The Hall–Kier alpha value is -1.73. The van der Waals surface area contributed by atoms with Crippen LogP contribution in [0, 0.1) is 17.0 Å². The van der Waals surface area contributed by atoms with Crippen LogP contribution in [0.1, 0.15) is 11.4 Å². The molecule has 0 saturated heterocycles. The first-order valence-electron chi connectivity index (χ1n) is 5.67. The van der Waals surface area contributed by atoms with Crippen molar-refractivity contribution in [3.8, 4) is 5.75 Å². The van der Waals surface area contributed by atoms with E-state index in [1.54, 1.807) is 32.2 Å². The molecule has 1 heterocycles. The number of aromatic amines is 1. The molecule has 0 aliphatic carbocycles. The highest BCUT2D eigenvalue weighted by atomic mass is 35.5. The average Bonchev–Trinajstić information content (AvgIpc) is 2.78. The van der Waals surface area contributed by atoms with Crippen molar-refractivity contribution in [3.63, 3.8) is 0 Å². The molecule has 0 aliphatic heterocycles. The zero-order valence-electron chi connectivity index (χ0n) is 10.8. The number of rotatable bonds is 5. The van der Waals surface area contributed by atoms with E-state index >= 15 is 0 Å². The molecule has 1 N–H and O–H groups in total. The number of imidazole rings is 1. The minimum atomic E-state index is -0.475. The molecule has 0 radical (unpaired) electrons. The summed E-state index contributed by atoms with van der Waals surface area (Å²) in [4.78, 5) is 17.2. The maximum atomic E-state index is 10.9. The van der Waals surface area contributed by atoms with Crippen LogP contribution in [0.5, 0.6) is 5.75 Å². The highest BCUT2D eigenvalue weighted by Gasteiger charge is 2.19. The van der Waals surface area contributed by atoms with Gasteiger partial charge in [0.2, 0.25) is 0 Å². The van der Waals surface area contributed by atoms with Gasteiger partial charge in [0.15, 0.2) is 10.9 Å². The zero-order chi connectivity index (χ0) is 14.7. The van der Waals surface area contributed by atoms with E-state index in [1.807, 2.05) is 0 Å². The summed E-state index contributed by atoms with van der Waals surface area (Å²) in [6, 6.07) is 5.27. The number of hydrogen-bond acceptors (Lipinski definition) is 5. The molecule has 8 heteroatoms. The van der Waals surface area contributed by atoms with Crippen LogP contribution in [-0.4, -0.2) is 22.0 Å². The van der Waals surface area contributed by atoms with E-state index < -0.39 is 4.92 Å². The van der Waals surface area contributed by atoms with Gasteiger partial charge in [0.1, 0.15) is 5.75 Å². The number of methoxy groups -OCH3 is 1. The Balaban J connectivity index is 2.20. The maximum Gasteiger partial charge on any atom is 0.354 e. The lowest BCUT2D eigenvalue weighted by molar-refractivity contribution is -0.392. The van der Waals surface area contributed by atoms with Gasteiger partial charge in [0.25, 0.3) is 0 Å². The third-order valence-corrected chi connectivity index (χ3v) is 3.81. The van der Waals surface area contributed by atoms with Gasteiger partial charge >= 0.3 is 5.82 Å². The molecular formula is C12H12ClN3O3S. The zero-order valence-corrected chi connectivity index (χ0v) is 12.4. The van der Waals surface area contributed by atoms with Crippen molar-refractivity contribution in [2.24, 2.45) is 0 Å². The molecule has 0 spiro atoms. The van der Waals surface area contributed by atoms with Crippen molar-refractivity contribution >= 4 is 29.2 Å². The molecule has 20 heavy (non-hydrogen) atoms. The molecule has 0 fully saturated rings. The topological polar surface area (TPSA) is 81.0 Å². The first-order chi connectivity index (χ1) is 9.51. The highest BCUT2D eigenvalue weighted by Crippen LogP contribution is 2.33. The fourth-order valence-electron chi connectivity index (χ4n) is 1.69. The summed E-state index contributed by atoms with van der Waals surface area (Å²) in [6.45, 7) is 1.68. The highest BCUT2D eigenvalue weighted by molar-refractivity contribution is 7.98. The lowest BCUT2D eigenvalue weighted by Crippen LogP contribution is -1.92. The molecule has 6 nitrogen and oxygen atoms in total. The minimum Gasteiger partial charge on any atom is -0.496 e. The largest absolute Gasteiger partial charge is 0.496 e. The predicted molar refractivity (Wildman–Crippen MR) is 77.5 cm³/mol. The summed E-state index contributed by atoms with van der Waals surface area (Å²) in [5.41, 5.74) is 0.861. The van der Waals surface area contributed by atoms with Gasteiger partial charge in [-0.1, -0.05) is 23.4 Å². The summed E-state index contributed by atoms with van der Waals surface area (Å²) in [5.74, 6) is 1.59. The van der Waals surface area contributed by atoms with Crippen molar-refractivity contribution in [3.05, 3.63) is 44.7 Å². The van der Waals surface area contributed by atoms with E-state index in [0.29, 0.717) is 27.4 Å². The van der Waals surface area contributed by atoms with Crippen LogP contribution >= 0.6 is 23.4 Å². The van der Waals surface area contributed by atoms with Crippen molar-refractivity contribution in [1.82, 2.24) is 9.97 Å². The molecule has 0 bridgehead atoms. The number of ether oxygens (including phenoxy) is 1. The Morgan fingerprint density at radius 2 is 2.30 bits per heavy atom. The van der Waals surface area contributed by atoms with Crippen LogP contribution in [0.3, 0.4) is 0 Å². The Kier molecular flexibility index (Phi) is 4.51. The van der Waals surface area contributed by atoms with Gasteiger partial charge in [0, 0.05) is 23.3 Å². The predicted octanol–water partition coefficient (Wildman–Crippen LogP) is 3.58. The summed E-state index contributed by atoms with van der Waals surface area (Å²) in [6.07, 6.45) is 0. The van der Waals surface area contributed by atoms with Gasteiger partial charge in [-0.2, -0.15) is 4.98 Å². The van der Waals surface area contributed by atoms with Crippen molar-refractivity contribution in [2.75, 3.05) is 7.11 Å². The molecule has 0 aliphatic rings. The van der Waals surface area contributed by atoms with E-state index in [4.69, 9.17) is 16.3 Å². The second-order valence-corrected chi connectivity index (χ2v) is 5.38. The number of thioether (sulfide) groups is 1. The lowest BCUT2D eigenvalue weighted by atomic mass is 10.2. The molecule has 2 rings (SSSR count). The van der Waals surface area contributed by atoms with Gasteiger partial charge in [-0.25, -0.2) is 4.98 Å². The normalized spacial score (nSPS) is 10.6. The number of nitrogens with zero attached hydrogens (tertiary/aromatic N) is 2. The first-order valence-corrected chi connectivity index (χ1v) is 7.04. The summed E-state index contributed by atoms with van der Waals surface area (Å²) >= 11 is 7.21. The Morgan fingerprint density at radius 1 is 1.55 bits per heavy atom. The third-order valence-electron chi connectivity index (χ3n) is 2.56. The molecular weight excluding hydrogens is 302 g/mol.